The first kappa shape index (κ1) is 19.2. The van der Waals surface area contributed by atoms with E-state index < -0.39 is 22.8 Å². The first-order valence-electron chi connectivity index (χ1n) is 8.00. The molecule has 0 aliphatic heterocycles. The highest BCUT2D eigenvalue weighted by atomic mass is 32.2. The molecule has 0 aliphatic carbocycles. The van der Waals surface area contributed by atoms with Gasteiger partial charge in [-0.15, -0.1) is 10.2 Å². The van der Waals surface area contributed by atoms with Gasteiger partial charge in [-0.3, -0.25) is 4.79 Å². The number of hydrogen-bond donors (Lipinski definition) is 2. The van der Waals surface area contributed by atoms with Crippen molar-refractivity contribution in [3.8, 4) is 0 Å². The lowest BCUT2D eigenvalue weighted by Crippen LogP contribution is -2.22. The van der Waals surface area contributed by atoms with E-state index in [0.29, 0.717) is 9.47 Å². The first-order chi connectivity index (χ1) is 12.9. The minimum Gasteiger partial charge on any atom is -0.330 e. The van der Waals surface area contributed by atoms with Gasteiger partial charge in [0.2, 0.25) is 11.0 Å². The van der Waals surface area contributed by atoms with Crippen molar-refractivity contribution in [2.75, 3.05) is 10.6 Å². The Kier molecular flexibility index (Phi) is 6.02. The number of carbonyl (C=O) groups excluding carboxylic acids is 1. The van der Waals surface area contributed by atoms with Crippen LogP contribution in [0.4, 0.5) is 25.3 Å². The zero-order valence-electron chi connectivity index (χ0n) is 14.5. The molecular weight excluding hydrogens is 390 g/mol. The third kappa shape index (κ3) is 5.24. The van der Waals surface area contributed by atoms with Gasteiger partial charge in [0.05, 0.1) is 10.9 Å². The van der Waals surface area contributed by atoms with E-state index in [9.17, 15) is 13.6 Å². The molecule has 3 rings (SSSR count). The number of nitrogens with one attached hydrogen (secondary N) is 2. The molecule has 9 heteroatoms. The van der Waals surface area contributed by atoms with Crippen LogP contribution < -0.4 is 10.6 Å². The number of amides is 1. The molecule has 0 radical (unpaired) electrons. The molecular formula is C18H16F2N4OS2. The second-order valence-corrected chi connectivity index (χ2v) is 8.31. The smallest absolute Gasteiger partial charge is 0.237 e. The van der Waals surface area contributed by atoms with Gasteiger partial charge in [-0.25, -0.2) is 8.78 Å². The lowest BCUT2D eigenvalue weighted by atomic mass is 10.2. The first-order valence-corrected chi connectivity index (χ1v) is 9.70. The van der Waals surface area contributed by atoms with Gasteiger partial charge >= 0.3 is 0 Å². The summed E-state index contributed by atoms with van der Waals surface area (Å²) in [7, 11) is 0. The molecule has 1 atom stereocenters. The van der Waals surface area contributed by atoms with Crippen molar-refractivity contribution in [3.05, 3.63) is 59.7 Å². The van der Waals surface area contributed by atoms with E-state index in [0.717, 1.165) is 23.4 Å². The number of carbonyl (C=O) groups is 1. The number of aryl methyl sites for hydroxylation is 1. The van der Waals surface area contributed by atoms with Crippen LogP contribution in [-0.2, 0) is 4.79 Å². The quantitative estimate of drug-likeness (QED) is 0.565. The lowest BCUT2D eigenvalue weighted by Gasteiger charge is -2.10. The molecule has 1 unspecified atom stereocenters. The highest BCUT2D eigenvalue weighted by Crippen LogP contribution is 2.31. The number of hydrogen-bond acceptors (Lipinski definition) is 6. The Morgan fingerprint density at radius 2 is 2.00 bits per heavy atom. The Balaban J connectivity index is 1.59. The van der Waals surface area contributed by atoms with Crippen molar-refractivity contribution in [1.82, 2.24) is 10.2 Å². The predicted molar refractivity (Wildman–Crippen MR) is 105 cm³/mol. The fourth-order valence-electron chi connectivity index (χ4n) is 2.18. The molecule has 0 aliphatic rings. The van der Waals surface area contributed by atoms with Crippen LogP contribution >= 0.6 is 23.1 Å². The summed E-state index contributed by atoms with van der Waals surface area (Å²) in [6, 6.07) is 10.9. The topological polar surface area (TPSA) is 66.9 Å². The summed E-state index contributed by atoms with van der Waals surface area (Å²) in [6.07, 6.45) is 0. The Labute approximate surface area is 163 Å². The second kappa shape index (κ2) is 8.45. The molecule has 0 bridgehead atoms. The molecule has 1 aromatic heterocycles. The summed E-state index contributed by atoms with van der Waals surface area (Å²) in [5.74, 6) is -1.93. The van der Waals surface area contributed by atoms with Gasteiger partial charge in [-0.1, -0.05) is 35.2 Å². The number of benzene rings is 2. The van der Waals surface area contributed by atoms with Crippen LogP contribution in [-0.4, -0.2) is 21.4 Å². The highest BCUT2D eigenvalue weighted by Gasteiger charge is 2.19. The molecule has 1 heterocycles. The molecule has 0 spiro atoms. The number of rotatable bonds is 6. The normalized spacial score (nSPS) is 11.9. The Morgan fingerprint density at radius 1 is 1.19 bits per heavy atom. The molecule has 2 N–H and O–H groups in total. The molecule has 5 nitrogen and oxygen atoms in total. The molecule has 3 aromatic rings. The molecule has 27 heavy (non-hydrogen) atoms. The maximum Gasteiger partial charge on any atom is 0.237 e. The van der Waals surface area contributed by atoms with Crippen LogP contribution in [0.5, 0.6) is 0 Å². The van der Waals surface area contributed by atoms with Crippen molar-refractivity contribution in [3.63, 3.8) is 0 Å². The molecule has 1 amide bonds. The van der Waals surface area contributed by atoms with Crippen LogP contribution in [0.1, 0.15) is 12.5 Å². The van der Waals surface area contributed by atoms with Crippen molar-refractivity contribution in [2.24, 2.45) is 0 Å². The zero-order chi connectivity index (χ0) is 19.4. The van der Waals surface area contributed by atoms with Crippen LogP contribution in [0, 0.1) is 18.6 Å². The predicted octanol–water partition coefficient (Wildman–Crippen LogP) is 4.99. The van der Waals surface area contributed by atoms with E-state index >= 15 is 0 Å². The van der Waals surface area contributed by atoms with Gasteiger partial charge in [0, 0.05) is 11.8 Å². The van der Waals surface area contributed by atoms with Gasteiger partial charge < -0.3 is 10.6 Å². The zero-order valence-corrected chi connectivity index (χ0v) is 16.1. The lowest BCUT2D eigenvalue weighted by molar-refractivity contribution is -0.115. The molecule has 0 fully saturated rings. The van der Waals surface area contributed by atoms with Crippen molar-refractivity contribution in [1.29, 1.82) is 0 Å². The van der Waals surface area contributed by atoms with Gasteiger partial charge in [0.25, 0.3) is 0 Å². The van der Waals surface area contributed by atoms with Crippen LogP contribution in [0.25, 0.3) is 0 Å². The van der Waals surface area contributed by atoms with Crippen LogP contribution in [0.3, 0.4) is 0 Å². The third-order valence-corrected chi connectivity index (χ3v) is 5.53. The fourth-order valence-corrected chi connectivity index (χ4v) is 4.10. The van der Waals surface area contributed by atoms with Crippen LogP contribution in [0.15, 0.2) is 46.8 Å². The number of nitrogens with zero attached hydrogens (tertiary/aromatic N) is 2. The second-order valence-electron chi connectivity index (χ2n) is 5.74. The molecule has 0 saturated heterocycles. The highest BCUT2D eigenvalue weighted by molar-refractivity contribution is 8.02. The Morgan fingerprint density at radius 3 is 2.74 bits per heavy atom. The van der Waals surface area contributed by atoms with Gasteiger partial charge in [0.15, 0.2) is 4.34 Å². The maximum absolute atomic E-state index is 13.6. The number of thioether (sulfide) groups is 1. The summed E-state index contributed by atoms with van der Waals surface area (Å²) in [5.41, 5.74) is 1.96. The minimum atomic E-state index is -0.818. The van der Waals surface area contributed by atoms with Crippen LogP contribution in [0.2, 0.25) is 0 Å². The summed E-state index contributed by atoms with van der Waals surface area (Å²) in [6.45, 7) is 3.67. The van der Waals surface area contributed by atoms with Gasteiger partial charge in [-0.05, 0) is 43.7 Å². The average Bonchev–Trinajstić information content (AvgIpc) is 3.04. The largest absolute Gasteiger partial charge is 0.330 e. The third-order valence-electron chi connectivity index (χ3n) is 3.51. The fraction of sp³-hybridized carbons (Fsp3) is 0.167. The SMILES string of the molecule is Cc1cccc(Nc2nnc(SC(C)C(=O)Nc3ccc(F)cc3F)s2)c1. The Hall–Kier alpha value is -2.52. The maximum atomic E-state index is 13.6. The summed E-state index contributed by atoms with van der Waals surface area (Å²) in [5, 5.41) is 13.8. The number of aromatic nitrogens is 2. The van der Waals surface area contributed by atoms with E-state index in [1.54, 1.807) is 6.92 Å². The standard InChI is InChI=1S/C18H16F2N4OS2/c1-10-4-3-5-13(8-10)21-17-23-24-18(27-17)26-11(2)16(25)22-15-7-6-12(19)9-14(15)20/h3-9,11H,1-2H3,(H,21,23)(H,22,25). The van der Waals surface area contributed by atoms with Gasteiger partial charge in [-0.2, -0.15) is 0 Å². The number of halogens is 2. The minimum absolute atomic E-state index is 0.0621. The van der Waals surface area contributed by atoms with E-state index in [-0.39, 0.29) is 5.69 Å². The van der Waals surface area contributed by atoms with E-state index in [1.807, 2.05) is 31.2 Å². The van der Waals surface area contributed by atoms with E-state index in [2.05, 4.69) is 20.8 Å². The monoisotopic (exact) mass is 406 g/mol. The van der Waals surface area contributed by atoms with Crippen molar-refractivity contribution >= 4 is 45.5 Å². The average molecular weight is 406 g/mol. The van der Waals surface area contributed by atoms with E-state index in [4.69, 9.17) is 0 Å². The molecule has 0 saturated carbocycles. The van der Waals surface area contributed by atoms with Crippen molar-refractivity contribution < 1.29 is 13.6 Å². The number of anilines is 3. The molecule has 2 aromatic carbocycles. The summed E-state index contributed by atoms with van der Waals surface area (Å²) >= 11 is 2.53. The van der Waals surface area contributed by atoms with Gasteiger partial charge in [0.1, 0.15) is 11.6 Å². The summed E-state index contributed by atoms with van der Waals surface area (Å²) in [4.78, 5) is 12.2. The Bertz CT molecular complexity index is 964. The summed E-state index contributed by atoms with van der Waals surface area (Å²) < 4.78 is 27.2. The van der Waals surface area contributed by atoms with Crippen molar-refractivity contribution in [2.45, 2.75) is 23.4 Å². The van der Waals surface area contributed by atoms with E-state index in [1.165, 1.54) is 29.2 Å². The molecule has 140 valence electrons.